The summed E-state index contributed by atoms with van der Waals surface area (Å²) in [5.41, 5.74) is 4.04. The molecule has 0 amide bonds. The Bertz CT molecular complexity index is 461. The van der Waals surface area contributed by atoms with Crippen molar-refractivity contribution < 1.29 is 17.7 Å². The zero-order valence-electron chi connectivity index (χ0n) is 7.21. The van der Waals surface area contributed by atoms with E-state index in [4.69, 9.17) is 5.73 Å². The molecule has 0 atom stereocenters. The second-order valence-electron chi connectivity index (χ2n) is 2.75. The van der Waals surface area contributed by atoms with Crippen LogP contribution in [-0.4, -0.2) is 5.16 Å². The average Bonchev–Trinajstić information content (AvgIpc) is 2.69. The van der Waals surface area contributed by atoms with E-state index < -0.39 is 11.9 Å². The number of alkyl halides is 3. The number of nitrogens with zero attached hydrogens (tertiary/aromatic N) is 1. The molecule has 2 aromatic heterocycles. The van der Waals surface area contributed by atoms with Crippen molar-refractivity contribution in [3.05, 3.63) is 23.2 Å². The van der Waals surface area contributed by atoms with Gasteiger partial charge in [0.15, 0.2) is 5.69 Å². The minimum Gasteiger partial charge on any atom is -0.367 e. The molecule has 0 spiro atoms. The van der Waals surface area contributed by atoms with Crippen LogP contribution in [0.2, 0.25) is 0 Å². The maximum Gasteiger partial charge on any atom is 0.437 e. The number of hydrogen-bond acceptors (Lipinski definition) is 4. The van der Waals surface area contributed by atoms with Crippen LogP contribution >= 0.6 is 11.3 Å². The van der Waals surface area contributed by atoms with Gasteiger partial charge in [-0.25, -0.2) is 0 Å². The molecular weight excluding hydrogens is 229 g/mol. The minimum atomic E-state index is -4.56. The van der Waals surface area contributed by atoms with E-state index in [1.54, 1.807) is 11.4 Å². The summed E-state index contributed by atoms with van der Waals surface area (Å²) in [5, 5.41) is 4.58. The first kappa shape index (κ1) is 10.0. The molecule has 80 valence electrons. The molecule has 0 aliphatic rings. The van der Waals surface area contributed by atoms with Crippen LogP contribution in [0.3, 0.4) is 0 Å². The lowest BCUT2D eigenvalue weighted by Crippen LogP contribution is -2.07. The molecule has 0 unspecified atom stereocenters. The summed E-state index contributed by atoms with van der Waals surface area (Å²) in [5.74, 6) is -0.315. The van der Waals surface area contributed by atoms with Gasteiger partial charge in [-0.05, 0) is 11.4 Å². The van der Waals surface area contributed by atoms with E-state index >= 15 is 0 Å². The number of hydrogen-bond donors (Lipinski definition) is 1. The molecule has 7 heteroatoms. The van der Waals surface area contributed by atoms with Gasteiger partial charge in [0, 0.05) is 4.88 Å². The van der Waals surface area contributed by atoms with Crippen molar-refractivity contribution in [1.82, 2.24) is 5.16 Å². The van der Waals surface area contributed by atoms with Gasteiger partial charge in [0.2, 0.25) is 5.88 Å². The number of nitrogens with two attached hydrogens (primary N) is 1. The van der Waals surface area contributed by atoms with Gasteiger partial charge >= 0.3 is 6.18 Å². The van der Waals surface area contributed by atoms with Gasteiger partial charge in [-0.2, -0.15) is 13.2 Å². The van der Waals surface area contributed by atoms with Crippen molar-refractivity contribution >= 4 is 17.2 Å². The fraction of sp³-hybridized carbons (Fsp3) is 0.125. The molecule has 2 aromatic rings. The topological polar surface area (TPSA) is 52.0 Å². The normalized spacial score (nSPS) is 11.9. The van der Waals surface area contributed by atoms with Crippen molar-refractivity contribution in [3.63, 3.8) is 0 Å². The highest BCUT2D eigenvalue weighted by Gasteiger charge is 2.39. The molecule has 0 aliphatic heterocycles. The average molecular weight is 234 g/mol. The van der Waals surface area contributed by atoms with Crippen LogP contribution in [0.5, 0.6) is 0 Å². The highest BCUT2D eigenvalue weighted by atomic mass is 32.1. The van der Waals surface area contributed by atoms with E-state index in [1.807, 2.05) is 0 Å². The highest BCUT2D eigenvalue weighted by molar-refractivity contribution is 7.13. The lowest BCUT2D eigenvalue weighted by molar-refractivity contribution is -0.142. The summed E-state index contributed by atoms with van der Waals surface area (Å²) in [4.78, 5) is 0.390. The van der Waals surface area contributed by atoms with Gasteiger partial charge in [0.05, 0.1) is 5.56 Å². The van der Waals surface area contributed by atoms with E-state index in [0.29, 0.717) is 4.88 Å². The maximum absolute atomic E-state index is 12.5. The molecule has 0 radical (unpaired) electrons. The standard InChI is InChI=1S/C8H5F3N2OS/c9-8(10,11)6-5(7(12)14-13-6)4-2-1-3-15-4/h1-3H,12H2. The van der Waals surface area contributed by atoms with Crippen LogP contribution in [0.25, 0.3) is 10.4 Å². The predicted octanol–water partition coefficient (Wildman–Crippen LogP) is 3.00. The van der Waals surface area contributed by atoms with Crippen molar-refractivity contribution in [1.29, 1.82) is 0 Å². The molecule has 2 N–H and O–H groups in total. The Labute approximate surface area is 86.3 Å². The Kier molecular flexibility index (Phi) is 2.18. The summed E-state index contributed by atoms with van der Waals surface area (Å²) in [6, 6.07) is 3.16. The second-order valence-corrected chi connectivity index (χ2v) is 3.69. The molecule has 0 bridgehead atoms. The molecule has 3 nitrogen and oxygen atoms in total. The Balaban J connectivity index is 2.60. The van der Waals surface area contributed by atoms with Crippen molar-refractivity contribution in [2.75, 3.05) is 5.73 Å². The minimum absolute atomic E-state index is 0.183. The maximum atomic E-state index is 12.5. The lowest BCUT2D eigenvalue weighted by Gasteiger charge is -2.03. The largest absolute Gasteiger partial charge is 0.437 e. The van der Waals surface area contributed by atoms with E-state index in [2.05, 4.69) is 9.68 Å². The zero-order chi connectivity index (χ0) is 11.1. The number of aromatic nitrogens is 1. The van der Waals surface area contributed by atoms with Crippen LogP contribution in [0, 0.1) is 0 Å². The van der Waals surface area contributed by atoms with E-state index in [0.717, 1.165) is 11.3 Å². The molecule has 0 saturated carbocycles. The van der Waals surface area contributed by atoms with Crippen LogP contribution in [0.15, 0.2) is 22.0 Å². The quantitative estimate of drug-likeness (QED) is 0.825. The van der Waals surface area contributed by atoms with Gasteiger partial charge in [-0.15, -0.1) is 11.3 Å². The van der Waals surface area contributed by atoms with Crippen LogP contribution in [0.1, 0.15) is 5.69 Å². The first-order valence-electron chi connectivity index (χ1n) is 3.86. The third-order valence-corrected chi connectivity index (χ3v) is 2.64. The van der Waals surface area contributed by atoms with Gasteiger partial charge in [0.25, 0.3) is 0 Å². The fourth-order valence-electron chi connectivity index (χ4n) is 1.16. The SMILES string of the molecule is Nc1onc(C(F)(F)F)c1-c1cccs1. The van der Waals surface area contributed by atoms with Gasteiger partial charge in [0.1, 0.15) is 0 Å². The summed E-state index contributed by atoms with van der Waals surface area (Å²) >= 11 is 1.15. The molecule has 0 aliphatic carbocycles. The van der Waals surface area contributed by atoms with E-state index in [-0.39, 0.29) is 11.4 Å². The van der Waals surface area contributed by atoms with Crippen molar-refractivity contribution in [2.45, 2.75) is 6.18 Å². The van der Waals surface area contributed by atoms with Gasteiger partial charge in [-0.1, -0.05) is 11.2 Å². The van der Waals surface area contributed by atoms with E-state index in [9.17, 15) is 13.2 Å². The third kappa shape index (κ3) is 1.70. The third-order valence-electron chi connectivity index (χ3n) is 1.75. The number of halogens is 3. The van der Waals surface area contributed by atoms with Crippen LogP contribution < -0.4 is 5.73 Å². The summed E-state index contributed by atoms with van der Waals surface area (Å²) in [6.45, 7) is 0. The Morgan fingerprint density at radius 1 is 1.40 bits per heavy atom. The molecular formula is C8H5F3N2OS. The summed E-state index contributed by atoms with van der Waals surface area (Å²) in [7, 11) is 0. The van der Waals surface area contributed by atoms with Gasteiger partial charge in [-0.3, -0.25) is 0 Å². The molecule has 0 aromatic carbocycles. The molecule has 2 heterocycles. The number of rotatable bonds is 1. The summed E-state index contributed by atoms with van der Waals surface area (Å²) < 4.78 is 41.8. The van der Waals surface area contributed by atoms with Crippen molar-refractivity contribution in [2.24, 2.45) is 0 Å². The zero-order valence-corrected chi connectivity index (χ0v) is 8.02. The smallest absolute Gasteiger partial charge is 0.367 e. The number of nitrogen functional groups attached to an aromatic ring is 1. The highest BCUT2D eigenvalue weighted by Crippen LogP contribution is 2.41. The van der Waals surface area contributed by atoms with Crippen molar-refractivity contribution in [3.8, 4) is 10.4 Å². The molecule has 0 fully saturated rings. The summed E-state index contributed by atoms with van der Waals surface area (Å²) in [6.07, 6.45) is -4.56. The first-order valence-corrected chi connectivity index (χ1v) is 4.74. The second kappa shape index (κ2) is 3.27. The first-order chi connectivity index (χ1) is 7.00. The predicted molar refractivity (Wildman–Crippen MR) is 49.2 cm³/mol. The Hall–Kier alpha value is -1.50. The lowest BCUT2D eigenvalue weighted by atomic mass is 10.2. The molecule has 0 saturated heterocycles. The van der Waals surface area contributed by atoms with Crippen LogP contribution in [0.4, 0.5) is 19.1 Å². The fourth-order valence-corrected chi connectivity index (χ4v) is 1.93. The number of anilines is 1. The van der Waals surface area contributed by atoms with E-state index in [1.165, 1.54) is 6.07 Å². The Morgan fingerprint density at radius 2 is 2.13 bits per heavy atom. The molecule has 2 rings (SSSR count). The molecule has 15 heavy (non-hydrogen) atoms. The Morgan fingerprint density at radius 3 is 2.67 bits per heavy atom. The van der Waals surface area contributed by atoms with Crippen LogP contribution in [-0.2, 0) is 6.18 Å². The monoisotopic (exact) mass is 234 g/mol. The van der Waals surface area contributed by atoms with Gasteiger partial charge < -0.3 is 10.3 Å². The number of thiophene rings is 1.